The molecule has 1 amide bonds. The number of halogens is 1. The Bertz CT molecular complexity index is 365. The predicted octanol–water partition coefficient (Wildman–Crippen LogP) is 1.73. The van der Waals surface area contributed by atoms with E-state index in [4.69, 9.17) is 11.6 Å². The van der Waals surface area contributed by atoms with E-state index in [-0.39, 0.29) is 5.91 Å². The van der Waals surface area contributed by atoms with E-state index in [1.54, 1.807) is 0 Å². The summed E-state index contributed by atoms with van der Waals surface area (Å²) in [6, 6.07) is 5.48. The molecule has 1 heterocycles. The van der Waals surface area contributed by atoms with Crippen molar-refractivity contribution in [3.05, 3.63) is 23.2 Å². The molecule has 0 fully saturated rings. The normalized spacial score (nSPS) is 15.2. The van der Waals surface area contributed by atoms with Crippen LogP contribution in [0.4, 0.5) is 11.4 Å². The van der Waals surface area contributed by atoms with Crippen LogP contribution in [-0.4, -0.2) is 19.5 Å². The summed E-state index contributed by atoms with van der Waals surface area (Å²) in [5.41, 5.74) is 1.68. The smallest absolute Gasteiger partial charge is 0.243 e. The number of hydrogen-bond donors (Lipinski definition) is 1. The number of fused-ring (bicyclic) bond motifs is 1. The number of rotatable bonds is 0. The summed E-state index contributed by atoms with van der Waals surface area (Å²) < 4.78 is 0. The number of carbonyl (C=O) groups is 1. The van der Waals surface area contributed by atoms with E-state index < -0.39 is 0 Å². The molecule has 0 saturated heterocycles. The second-order valence-corrected chi connectivity index (χ2v) is 3.45. The first kappa shape index (κ1) is 8.38. The third-order valence-corrected chi connectivity index (χ3v) is 2.33. The van der Waals surface area contributed by atoms with Gasteiger partial charge in [-0.15, -0.1) is 0 Å². The van der Waals surface area contributed by atoms with Crippen molar-refractivity contribution in [2.45, 2.75) is 0 Å². The minimum Gasteiger partial charge on any atom is -0.362 e. The molecule has 0 spiro atoms. The third-order valence-electron chi connectivity index (χ3n) is 2.02. The zero-order valence-corrected chi connectivity index (χ0v) is 7.93. The van der Waals surface area contributed by atoms with Gasteiger partial charge in [-0.1, -0.05) is 17.7 Å². The maximum absolute atomic E-state index is 11.2. The van der Waals surface area contributed by atoms with Gasteiger partial charge in [0.1, 0.15) is 0 Å². The van der Waals surface area contributed by atoms with Gasteiger partial charge in [0.05, 0.1) is 22.9 Å². The van der Waals surface area contributed by atoms with Crippen LogP contribution < -0.4 is 10.2 Å². The molecule has 0 radical (unpaired) electrons. The van der Waals surface area contributed by atoms with Crippen LogP contribution in [0, 0.1) is 0 Å². The van der Waals surface area contributed by atoms with Gasteiger partial charge in [0.25, 0.3) is 0 Å². The Kier molecular flexibility index (Phi) is 1.88. The number of para-hydroxylation sites is 1. The molecular formula is C9H9ClN2O. The van der Waals surface area contributed by atoms with E-state index in [2.05, 4.69) is 5.32 Å². The molecule has 4 heteroatoms. The summed E-state index contributed by atoms with van der Waals surface area (Å²) in [5.74, 6) is -0.00253. The van der Waals surface area contributed by atoms with E-state index in [1.807, 2.05) is 30.1 Å². The molecule has 0 atom stereocenters. The summed E-state index contributed by atoms with van der Waals surface area (Å²) in [6.07, 6.45) is 0. The van der Waals surface area contributed by atoms with E-state index >= 15 is 0 Å². The molecule has 0 aliphatic carbocycles. The van der Waals surface area contributed by atoms with Crippen molar-refractivity contribution < 1.29 is 4.79 Å². The zero-order valence-electron chi connectivity index (χ0n) is 7.17. The average Bonchev–Trinajstić information content (AvgIpc) is 2.02. The van der Waals surface area contributed by atoms with Crippen LogP contribution in [-0.2, 0) is 4.79 Å². The monoisotopic (exact) mass is 196 g/mol. The largest absolute Gasteiger partial charge is 0.362 e. The van der Waals surface area contributed by atoms with Gasteiger partial charge in [-0.3, -0.25) is 4.79 Å². The number of nitrogens with one attached hydrogen (secondary N) is 1. The average molecular weight is 197 g/mol. The second kappa shape index (κ2) is 2.92. The van der Waals surface area contributed by atoms with Crippen molar-refractivity contribution in [1.82, 2.24) is 0 Å². The molecule has 1 aromatic rings. The zero-order chi connectivity index (χ0) is 9.42. The van der Waals surface area contributed by atoms with Crippen molar-refractivity contribution in [3.8, 4) is 0 Å². The lowest BCUT2D eigenvalue weighted by Gasteiger charge is -2.27. The Labute approximate surface area is 81.3 Å². The van der Waals surface area contributed by atoms with E-state index in [0.717, 1.165) is 11.4 Å². The number of carbonyl (C=O) groups excluding carboxylic acids is 1. The minimum absolute atomic E-state index is 0.00253. The predicted molar refractivity (Wildman–Crippen MR) is 53.4 cm³/mol. The quantitative estimate of drug-likeness (QED) is 0.686. The topological polar surface area (TPSA) is 32.3 Å². The highest BCUT2D eigenvalue weighted by Crippen LogP contribution is 2.34. The molecule has 0 unspecified atom stereocenters. The lowest BCUT2D eigenvalue weighted by molar-refractivity contribution is -0.115. The Morgan fingerprint density at radius 2 is 2.31 bits per heavy atom. The maximum atomic E-state index is 11.2. The van der Waals surface area contributed by atoms with Gasteiger partial charge in [0, 0.05) is 7.05 Å². The van der Waals surface area contributed by atoms with Gasteiger partial charge in [-0.05, 0) is 12.1 Å². The number of anilines is 2. The fraction of sp³-hybridized carbons (Fsp3) is 0.222. The first-order valence-electron chi connectivity index (χ1n) is 3.98. The summed E-state index contributed by atoms with van der Waals surface area (Å²) >= 11 is 5.99. The van der Waals surface area contributed by atoms with Crippen molar-refractivity contribution >= 4 is 28.9 Å². The van der Waals surface area contributed by atoms with Crippen LogP contribution >= 0.6 is 11.6 Å². The number of hydrogen-bond acceptors (Lipinski definition) is 2. The maximum Gasteiger partial charge on any atom is 0.243 e. The van der Waals surface area contributed by atoms with Crippen LogP contribution in [0.3, 0.4) is 0 Å². The molecule has 68 valence electrons. The Balaban J connectivity index is 2.55. The molecule has 2 rings (SSSR count). The van der Waals surface area contributed by atoms with Gasteiger partial charge in [0.15, 0.2) is 0 Å². The number of amides is 1. The van der Waals surface area contributed by atoms with E-state index in [0.29, 0.717) is 11.6 Å². The van der Waals surface area contributed by atoms with Crippen molar-refractivity contribution in [3.63, 3.8) is 0 Å². The standard InChI is InChI=1S/C9H9ClN2O/c1-12-5-8(13)11-7-4-2-3-6(10)9(7)12/h2-4H,5H2,1H3,(H,11,13). The SMILES string of the molecule is CN1CC(=O)Nc2cccc(Cl)c21. The van der Waals surface area contributed by atoms with Crippen LogP contribution in [0.1, 0.15) is 0 Å². The Morgan fingerprint density at radius 3 is 3.08 bits per heavy atom. The molecule has 0 saturated carbocycles. The van der Waals surface area contributed by atoms with Gasteiger partial charge in [-0.2, -0.15) is 0 Å². The minimum atomic E-state index is -0.00253. The number of nitrogens with zero attached hydrogens (tertiary/aromatic N) is 1. The van der Waals surface area contributed by atoms with Gasteiger partial charge < -0.3 is 10.2 Å². The van der Waals surface area contributed by atoms with Crippen molar-refractivity contribution in [2.75, 3.05) is 23.8 Å². The number of likely N-dealkylation sites (N-methyl/N-ethyl adjacent to an activating group) is 1. The highest BCUT2D eigenvalue weighted by molar-refractivity contribution is 6.34. The third kappa shape index (κ3) is 1.35. The molecule has 0 bridgehead atoms. The molecule has 0 aromatic heterocycles. The van der Waals surface area contributed by atoms with E-state index in [1.165, 1.54) is 0 Å². The van der Waals surface area contributed by atoms with Crippen LogP contribution in [0.2, 0.25) is 5.02 Å². The van der Waals surface area contributed by atoms with Crippen LogP contribution in [0.5, 0.6) is 0 Å². The van der Waals surface area contributed by atoms with Crippen LogP contribution in [0.15, 0.2) is 18.2 Å². The fourth-order valence-electron chi connectivity index (χ4n) is 1.49. The second-order valence-electron chi connectivity index (χ2n) is 3.04. The summed E-state index contributed by atoms with van der Waals surface area (Å²) in [7, 11) is 1.85. The lowest BCUT2D eigenvalue weighted by Crippen LogP contribution is -2.35. The highest BCUT2D eigenvalue weighted by Gasteiger charge is 2.20. The van der Waals surface area contributed by atoms with Gasteiger partial charge >= 0.3 is 0 Å². The molecule has 1 aliphatic rings. The Hall–Kier alpha value is -1.22. The molecular weight excluding hydrogens is 188 g/mol. The van der Waals surface area contributed by atoms with E-state index in [9.17, 15) is 4.79 Å². The summed E-state index contributed by atoms with van der Waals surface area (Å²) in [6.45, 7) is 0.358. The van der Waals surface area contributed by atoms with Crippen molar-refractivity contribution in [2.24, 2.45) is 0 Å². The van der Waals surface area contributed by atoms with Gasteiger partial charge in [-0.25, -0.2) is 0 Å². The summed E-state index contributed by atoms with van der Waals surface area (Å²) in [5, 5.41) is 3.43. The van der Waals surface area contributed by atoms with Gasteiger partial charge in [0.2, 0.25) is 5.91 Å². The lowest BCUT2D eigenvalue weighted by atomic mass is 10.2. The molecule has 1 aliphatic heterocycles. The van der Waals surface area contributed by atoms with Crippen LogP contribution in [0.25, 0.3) is 0 Å². The molecule has 1 N–H and O–H groups in total. The van der Waals surface area contributed by atoms with Crippen molar-refractivity contribution in [1.29, 1.82) is 0 Å². The first-order valence-corrected chi connectivity index (χ1v) is 4.36. The first-order chi connectivity index (χ1) is 6.18. The Morgan fingerprint density at radius 1 is 1.54 bits per heavy atom. The fourth-order valence-corrected chi connectivity index (χ4v) is 1.81. The highest BCUT2D eigenvalue weighted by atomic mass is 35.5. The summed E-state index contributed by atoms with van der Waals surface area (Å²) in [4.78, 5) is 13.0. The number of benzene rings is 1. The molecule has 1 aromatic carbocycles. The molecule has 13 heavy (non-hydrogen) atoms. The molecule has 3 nitrogen and oxygen atoms in total.